The number of nitrogens with one attached hydrogen (secondary N) is 1. The molecule has 0 bridgehead atoms. The molecule has 1 aliphatic heterocycles. The van der Waals surface area contributed by atoms with Gasteiger partial charge < -0.3 is 5.32 Å². The molecule has 1 unspecified atom stereocenters. The molecule has 76 valence electrons. The third-order valence-corrected chi connectivity index (χ3v) is 3.53. The second kappa shape index (κ2) is 3.00. The highest BCUT2D eigenvalue weighted by molar-refractivity contribution is 5.85. The summed E-state index contributed by atoms with van der Waals surface area (Å²) in [5, 5.41) is 2.96. The Morgan fingerprint density at radius 2 is 1.92 bits per heavy atom. The van der Waals surface area contributed by atoms with Crippen molar-refractivity contribution in [2.45, 2.75) is 41.0 Å². The molecule has 0 aromatic heterocycles. The van der Waals surface area contributed by atoms with Crippen molar-refractivity contribution < 1.29 is 4.79 Å². The quantitative estimate of drug-likeness (QED) is 0.663. The minimum absolute atomic E-state index is 0.0573. The number of rotatable bonds is 1. The summed E-state index contributed by atoms with van der Waals surface area (Å²) in [5.74, 6) is 0.657. The summed E-state index contributed by atoms with van der Waals surface area (Å²) in [7, 11) is 0. The molecule has 0 aromatic carbocycles. The average Bonchev–Trinajstić information content (AvgIpc) is 2.29. The maximum atomic E-state index is 11.9. The van der Waals surface area contributed by atoms with Crippen LogP contribution in [0.4, 0.5) is 0 Å². The lowest BCUT2D eigenvalue weighted by molar-refractivity contribution is -0.137. The molecule has 1 fully saturated rings. The van der Waals surface area contributed by atoms with Gasteiger partial charge >= 0.3 is 0 Å². The topological polar surface area (TPSA) is 29.1 Å². The van der Waals surface area contributed by atoms with E-state index in [9.17, 15) is 4.79 Å². The number of hydrogen-bond donors (Lipinski definition) is 1. The van der Waals surface area contributed by atoms with Gasteiger partial charge in [-0.3, -0.25) is 4.79 Å². The van der Waals surface area contributed by atoms with Crippen LogP contribution in [0, 0.1) is 16.7 Å². The Morgan fingerprint density at radius 1 is 1.38 bits per heavy atom. The molecule has 0 radical (unpaired) electrons. The molecule has 1 atom stereocenters. The first kappa shape index (κ1) is 10.6. The second-order valence-corrected chi connectivity index (χ2v) is 5.38. The smallest absolute Gasteiger partial charge is 0.227 e. The lowest BCUT2D eigenvalue weighted by Gasteiger charge is -2.42. The molecule has 1 rings (SSSR count). The van der Waals surface area contributed by atoms with Crippen molar-refractivity contribution in [3.05, 3.63) is 0 Å². The van der Waals surface area contributed by atoms with Gasteiger partial charge in [0.2, 0.25) is 5.91 Å². The first-order valence-electron chi connectivity index (χ1n) is 5.10. The van der Waals surface area contributed by atoms with Crippen LogP contribution in [-0.2, 0) is 4.79 Å². The Balaban J connectivity index is 3.08. The Bertz CT molecular complexity index is 215. The van der Waals surface area contributed by atoms with E-state index >= 15 is 0 Å². The van der Waals surface area contributed by atoms with E-state index in [1.807, 2.05) is 0 Å². The van der Waals surface area contributed by atoms with E-state index in [1.165, 1.54) is 0 Å². The number of carbonyl (C=O) groups excluding carboxylic acids is 1. The van der Waals surface area contributed by atoms with Crippen LogP contribution in [0.5, 0.6) is 0 Å². The molecule has 0 aromatic rings. The SMILES string of the molecule is CC(C)C1(C(C)(C)C)CCNC1=O. The maximum Gasteiger partial charge on any atom is 0.227 e. The van der Waals surface area contributed by atoms with E-state index in [1.54, 1.807) is 0 Å². The van der Waals surface area contributed by atoms with Crippen LogP contribution in [0.15, 0.2) is 0 Å². The lowest BCUT2D eigenvalue weighted by atomic mass is 9.59. The summed E-state index contributed by atoms with van der Waals surface area (Å²) < 4.78 is 0. The molecular weight excluding hydrogens is 162 g/mol. The van der Waals surface area contributed by atoms with Crippen LogP contribution < -0.4 is 5.32 Å². The highest BCUT2D eigenvalue weighted by Gasteiger charge is 2.52. The molecule has 2 nitrogen and oxygen atoms in total. The van der Waals surface area contributed by atoms with Gasteiger partial charge in [-0.15, -0.1) is 0 Å². The van der Waals surface area contributed by atoms with E-state index in [0.717, 1.165) is 13.0 Å². The monoisotopic (exact) mass is 183 g/mol. The van der Waals surface area contributed by atoms with Gasteiger partial charge in [0.05, 0.1) is 5.41 Å². The minimum atomic E-state index is -0.160. The predicted molar refractivity (Wildman–Crippen MR) is 54.4 cm³/mol. The first-order valence-corrected chi connectivity index (χ1v) is 5.10. The van der Waals surface area contributed by atoms with Crippen molar-refractivity contribution >= 4 is 5.91 Å². The van der Waals surface area contributed by atoms with Gasteiger partial charge in [-0.1, -0.05) is 34.6 Å². The van der Waals surface area contributed by atoms with E-state index in [0.29, 0.717) is 5.92 Å². The Labute approximate surface area is 81.1 Å². The Morgan fingerprint density at radius 3 is 2.08 bits per heavy atom. The number of amides is 1. The van der Waals surface area contributed by atoms with Crippen LogP contribution in [0.1, 0.15) is 41.0 Å². The number of hydrogen-bond acceptors (Lipinski definition) is 1. The summed E-state index contributed by atoms with van der Waals surface area (Å²) in [6, 6.07) is 0. The van der Waals surface area contributed by atoms with Gasteiger partial charge in [0.1, 0.15) is 0 Å². The average molecular weight is 183 g/mol. The molecule has 1 aliphatic rings. The van der Waals surface area contributed by atoms with Crippen molar-refractivity contribution in [2.24, 2.45) is 16.7 Å². The molecule has 1 N–H and O–H groups in total. The van der Waals surface area contributed by atoms with Crippen LogP contribution in [0.2, 0.25) is 0 Å². The molecule has 0 aliphatic carbocycles. The predicted octanol–water partition coefficient (Wildman–Crippen LogP) is 2.19. The molecular formula is C11H21NO. The summed E-state index contributed by atoms with van der Waals surface area (Å²) >= 11 is 0. The zero-order valence-corrected chi connectivity index (χ0v) is 9.40. The largest absolute Gasteiger partial charge is 0.356 e. The van der Waals surface area contributed by atoms with E-state index < -0.39 is 0 Å². The van der Waals surface area contributed by atoms with Gasteiger partial charge in [0.25, 0.3) is 0 Å². The molecule has 1 amide bonds. The van der Waals surface area contributed by atoms with Crippen LogP contribution >= 0.6 is 0 Å². The van der Waals surface area contributed by atoms with Crippen LogP contribution in [0.25, 0.3) is 0 Å². The summed E-state index contributed by atoms with van der Waals surface area (Å²) in [6.07, 6.45) is 0.979. The molecule has 0 spiro atoms. The highest BCUT2D eigenvalue weighted by Crippen LogP contribution is 2.49. The molecule has 0 saturated carbocycles. The van der Waals surface area contributed by atoms with Crippen LogP contribution in [0.3, 0.4) is 0 Å². The second-order valence-electron chi connectivity index (χ2n) is 5.38. The molecule has 2 heteroatoms. The van der Waals surface area contributed by atoms with Gasteiger partial charge in [-0.05, 0) is 17.8 Å². The van der Waals surface area contributed by atoms with E-state index in [2.05, 4.69) is 39.9 Å². The summed E-state index contributed by atoms with van der Waals surface area (Å²) in [6.45, 7) is 11.6. The highest BCUT2D eigenvalue weighted by atomic mass is 16.2. The Kier molecular flexibility index (Phi) is 2.44. The third-order valence-electron chi connectivity index (χ3n) is 3.53. The standard InChI is InChI=1S/C11H21NO/c1-8(2)11(10(3,4)5)6-7-12-9(11)13/h8H,6-7H2,1-5H3,(H,12,13). The summed E-state index contributed by atoms with van der Waals surface area (Å²) in [4.78, 5) is 11.9. The molecule has 1 heterocycles. The van der Waals surface area contributed by atoms with Crippen LogP contribution in [-0.4, -0.2) is 12.5 Å². The maximum absolute atomic E-state index is 11.9. The fraction of sp³-hybridized carbons (Fsp3) is 0.909. The minimum Gasteiger partial charge on any atom is -0.356 e. The lowest BCUT2D eigenvalue weighted by Crippen LogP contribution is -2.46. The van der Waals surface area contributed by atoms with Gasteiger partial charge in [0, 0.05) is 6.54 Å². The zero-order chi connectivity index (χ0) is 10.3. The van der Waals surface area contributed by atoms with E-state index in [4.69, 9.17) is 0 Å². The van der Waals surface area contributed by atoms with Crippen molar-refractivity contribution in [1.29, 1.82) is 0 Å². The fourth-order valence-electron chi connectivity index (χ4n) is 2.78. The molecule has 1 saturated heterocycles. The third kappa shape index (κ3) is 1.36. The van der Waals surface area contributed by atoms with Crippen molar-refractivity contribution in [2.75, 3.05) is 6.54 Å². The normalized spacial score (nSPS) is 29.5. The van der Waals surface area contributed by atoms with Gasteiger partial charge in [-0.2, -0.15) is 0 Å². The van der Waals surface area contributed by atoms with Crippen molar-refractivity contribution in [3.8, 4) is 0 Å². The van der Waals surface area contributed by atoms with Crippen molar-refractivity contribution in [3.63, 3.8) is 0 Å². The Hall–Kier alpha value is -0.530. The summed E-state index contributed by atoms with van der Waals surface area (Å²) in [5.41, 5.74) is -0.102. The van der Waals surface area contributed by atoms with Crippen molar-refractivity contribution in [1.82, 2.24) is 5.32 Å². The fourth-order valence-corrected chi connectivity index (χ4v) is 2.78. The first-order chi connectivity index (χ1) is 5.82. The van der Waals surface area contributed by atoms with Gasteiger partial charge in [-0.25, -0.2) is 0 Å². The van der Waals surface area contributed by atoms with Gasteiger partial charge in [0.15, 0.2) is 0 Å². The number of carbonyl (C=O) groups is 1. The molecule has 13 heavy (non-hydrogen) atoms. The van der Waals surface area contributed by atoms with E-state index in [-0.39, 0.29) is 16.7 Å². The zero-order valence-electron chi connectivity index (χ0n) is 9.40.